The van der Waals surface area contributed by atoms with Gasteiger partial charge in [0.25, 0.3) is 0 Å². The van der Waals surface area contributed by atoms with E-state index in [1.807, 2.05) is 27.0 Å². The van der Waals surface area contributed by atoms with Crippen molar-refractivity contribution in [2.45, 2.75) is 30.5 Å². The van der Waals surface area contributed by atoms with Crippen LogP contribution in [0.25, 0.3) is 0 Å². The SMILES string of the molecule is CCC(Sc1cc(C)nn1C)C(N)=NO. The second-order valence-electron chi connectivity index (χ2n) is 3.29. The van der Waals surface area contributed by atoms with Crippen LogP contribution >= 0.6 is 11.8 Å². The van der Waals surface area contributed by atoms with Crippen molar-refractivity contribution in [1.29, 1.82) is 0 Å². The lowest BCUT2D eigenvalue weighted by atomic mass is 10.3. The number of thioether (sulfide) groups is 1. The molecule has 1 atom stereocenters. The summed E-state index contributed by atoms with van der Waals surface area (Å²) in [4.78, 5) is 0. The lowest BCUT2D eigenvalue weighted by Gasteiger charge is -2.11. The molecule has 5 nitrogen and oxygen atoms in total. The molecule has 3 N–H and O–H groups in total. The number of nitrogens with zero attached hydrogens (tertiary/aromatic N) is 3. The molecule has 0 saturated heterocycles. The highest BCUT2D eigenvalue weighted by Crippen LogP contribution is 2.25. The molecule has 1 aromatic rings. The first-order valence-corrected chi connectivity index (χ1v) is 5.61. The monoisotopic (exact) mass is 228 g/mol. The van der Waals surface area contributed by atoms with Crippen LogP contribution < -0.4 is 5.73 Å². The standard InChI is InChI=1S/C9H16N4OS/c1-4-7(9(10)12-14)15-8-5-6(2)11-13(8)3/h5,7,14H,4H2,1-3H3,(H2,10,12). The minimum atomic E-state index is -0.00944. The van der Waals surface area contributed by atoms with Crippen molar-refractivity contribution in [3.05, 3.63) is 11.8 Å². The normalized spacial score (nSPS) is 14.2. The fourth-order valence-corrected chi connectivity index (χ4v) is 2.32. The van der Waals surface area contributed by atoms with Gasteiger partial charge in [-0.1, -0.05) is 23.8 Å². The number of aryl methyl sites for hydroxylation is 2. The molecule has 0 saturated carbocycles. The highest BCUT2D eigenvalue weighted by Gasteiger charge is 2.15. The van der Waals surface area contributed by atoms with Crippen molar-refractivity contribution in [1.82, 2.24) is 9.78 Å². The van der Waals surface area contributed by atoms with Gasteiger partial charge in [-0.2, -0.15) is 5.10 Å². The molecule has 15 heavy (non-hydrogen) atoms. The molecule has 6 heteroatoms. The fourth-order valence-electron chi connectivity index (χ4n) is 1.26. The summed E-state index contributed by atoms with van der Waals surface area (Å²) >= 11 is 1.55. The number of hydrogen-bond donors (Lipinski definition) is 2. The van der Waals surface area contributed by atoms with Gasteiger partial charge in [-0.05, 0) is 19.4 Å². The average molecular weight is 228 g/mol. The lowest BCUT2D eigenvalue weighted by Crippen LogP contribution is -2.25. The Balaban J connectivity index is 2.79. The molecule has 1 rings (SSSR count). The molecule has 0 aliphatic rings. The summed E-state index contributed by atoms with van der Waals surface area (Å²) in [7, 11) is 1.88. The number of hydrogen-bond acceptors (Lipinski definition) is 4. The zero-order valence-electron chi connectivity index (χ0n) is 9.14. The van der Waals surface area contributed by atoms with Crippen LogP contribution in [-0.2, 0) is 7.05 Å². The molecule has 1 aromatic heterocycles. The summed E-state index contributed by atoms with van der Waals surface area (Å²) in [6.45, 7) is 3.94. The molecule has 1 unspecified atom stereocenters. The summed E-state index contributed by atoms with van der Waals surface area (Å²) in [5, 5.41) is 16.9. The number of nitrogens with two attached hydrogens (primary N) is 1. The minimum absolute atomic E-state index is 0.00944. The Morgan fingerprint density at radius 2 is 2.47 bits per heavy atom. The topological polar surface area (TPSA) is 76.4 Å². The van der Waals surface area contributed by atoms with Crippen molar-refractivity contribution in [3.63, 3.8) is 0 Å². The van der Waals surface area contributed by atoms with E-state index >= 15 is 0 Å². The van der Waals surface area contributed by atoms with Crippen molar-refractivity contribution >= 4 is 17.6 Å². The van der Waals surface area contributed by atoms with Gasteiger partial charge >= 0.3 is 0 Å². The predicted octanol–water partition coefficient (Wildman–Crippen LogP) is 1.35. The summed E-state index contributed by atoms with van der Waals surface area (Å²) in [5.41, 5.74) is 6.55. The fraction of sp³-hybridized carbons (Fsp3) is 0.556. The molecule has 0 aliphatic heterocycles. The summed E-state index contributed by atoms with van der Waals surface area (Å²) in [6, 6.07) is 1.98. The maximum atomic E-state index is 8.62. The number of aromatic nitrogens is 2. The van der Waals surface area contributed by atoms with Crippen LogP contribution in [0.1, 0.15) is 19.0 Å². The van der Waals surface area contributed by atoms with E-state index in [2.05, 4.69) is 10.3 Å². The van der Waals surface area contributed by atoms with Crippen molar-refractivity contribution in [2.24, 2.45) is 17.9 Å². The molecule has 0 spiro atoms. The van der Waals surface area contributed by atoms with E-state index in [1.54, 1.807) is 16.4 Å². The van der Waals surface area contributed by atoms with Crippen LogP contribution in [0.2, 0.25) is 0 Å². The zero-order chi connectivity index (χ0) is 11.4. The van der Waals surface area contributed by atoms with Crippen LogP contribution in [0.5, 0.6) is 0 Å². The molecule has 0 amide bonds. The first kappa shape index (κ1) is 11.9. The Labute approximate surface area is 93.3 Å². The van der Waals surface area contributed by atoms with Gasteiger partial charge in [0.1, 0.15) is 0 Å². The maximum absolute atomic E-state index is 8.62. The van der Waals surface area contributed by atoms with Gasteiger partial charge in [0.05, 0.1) is 16.0 Å². The molecular weight excluding hydrogens is 212 g/mol. The number of rotatable bonds is 4. The van der Waals surface area contributed by atoms with E-state index in [9.17, 15) is 0 Å². The quantitative estimate of drug-likeness (QED) is 0.268. The molecule has 1 heterocycles. The summed E-state index contributed by atoms with van der Waals surface area (Å²) in [6.07, 6.45) is 0.810. The van der Waals surface area contributed by atoms with Gasteiger partial charge in [-0.25, -0.2) is 0 Å². The molecule has 0 radical (unpaired) electrons. The average Bonchev–Trinajstić information content (AvgIpc) is 2.52. The smallest absolute Gasteiger partial charge is 0.152 e. The van der Waals surface area contributed by atoms with E-state index < -0.39 is 0 Å². The first-order valence-electron chi connectivity index (χ1n) is 4.73. The van der Waals surface area contributed by atoms with Crippen LogP contribution in [0.4, 0.5) is 0 Å². The summed E-state index contributed by atoms with van der Waals surface area (Å²) < 4.78 is 1.80. The molecular formula is C9H16N4OS. The van der Waals surface area contributed by atoms with Gasteiger partial charge in [0.2, 0.25) is 0 Å². The summed E-state index contributed by atoms with van der Waals surface area (Å²) in [5.74, 6) is 0.251. The third-order valence-corrected chi connectivity index (χ3v) is 3.52. The van der Waals surface area contributed by atoms with E-state index in [0.29, 0.717) is 0 Å². The molecule has 0 fully saturated rings. The van der Waals surface area contributed by atoms with E-state index in [-0.39, 0.29) is 11.1 Å². The second-order valence-corrected chi connectivity index (χ2v) is 4.51. The van der Waals surface area contributed by atoms with Crippen LogP contribution in [0.3, 0.4) is 0 Å². The number of amidine groups is 1. The Hall–Kier alpha value is -1.17. The second kappa shape index (κ2) is 5.06. The largest absolute Gasteiger partial charge is 0.409 e. The van der Waals surface area contributed by atoms with Gasteiger partial charge < -0.3 is 10.9 Å². The van der Waals surface area contributed by atoms with E-state index in [4.69, 9.17) is 10.9 Å². The third kappa shape index (κ3) is 2.89. The van der Waals surface area contributed by atoms with Crippen molar-refractivity contribution in [2.75, 3.05) is 0 Å². The molecule has 84 valence electrons. The van der Waals surface area contributed by atoms with Gasteiger partial charge in [0.15, 0.2) is 5.84 Å². The highest BCUT2D eigenvalue weighted by molar-refractivity contribution is 8.00. The zero-order valence-corrected chi connectivity index (χ0v) is 9.95. The minimum Gasteiger partial charge on any atom is -0.409 e. The van der Waals surface area contributed by atoms with Gasteiger partial charge in [-0.3, -0.25) is 4.68 Å². The van der Waals surface area contributed by atoms with Gasteiger partial charge in [-0.15, -0.1) is 0 Å². The van der Waals surface area contributed by atoms with Crippen LogP contribution in [0, 0.1) is 6.92 Å². The van der Waals surface area contributed by atoms with Crippen molar-refractivity contribution < 1.29 is 5.21 Å². The first-order chi connectivity index (χ1) is 7.08. The Morgan fingerprint density at radius 3 is 2.87 bits per heavy atom. The predicted molar refractivity (Wildman–Crippen MR) is 61.3 cm³/mol. The third-order valence-electron chi connectivity index (χ3n) is 2.04. The van der Waals surface area contributed by atoms with Crippen molar-refractivity contribution in [3.8, 4) is 0 Å². The van der Waals surface area contributed by atoms with E-state index in [1.165, 1.54) is 0 Å². The molecule has 0 aliphatic carbocycles. The Bertz CT molecular complexity index is 361. The van der Waals surface area contributed by atoms with Crippen LogP contribution in [-0.4, -0.2) is 26.1 Å². The lowest BCUT2D eigenvalue weighted by molar-refractivity contribution is 0.317. The van der Waals surface area contributed by atoms with Gasteiger partial charge in [0, 0.05) is 7.05 Å². The maximum Gasteiger partial charge on any atom is 0.152 e. The Morgan fingerprint density at radius 1 is 1.80 bits per heavy atom. The highest BCUT2D eigenvalue weighted by atomic mass is 32.2. The molecule has 0 aromatic carbocycles. The Kier molecular flexibility index (Phi) is 4.02. The number of oxime groups is 1. The van der Waals surface area contributed by atoms with Crippen LogP contribution in [0.15, 0.2) is 16.2 Å². The molecule has 0 bridgehead atoms. The van der Waals surface area contributed by atoms with E-state index in [0.717, 1.165) is 17.1 Å².